The lowest BCUT2D eigenvalue weighted by molar-refractivity contribution is 0.0493. The monoisotopic (exact) mass is 182 g/mol. The van der Waals surface area contributed by atoms with Crippen molar-refractivity contribution in [2.75, 3.05) is 19.6 Å². The molecular weight excluding hydrogens is 160 g/mol. The summed E-state index contributed by atoms with van der Waals surface area (Å²) in [4.78, 5) is 0. The van der Waals surface area contributed by atoms with Gasteiger partial charge in [0.15, 0.2) is 0 Å². The normalized spacial score (nSPS) is 17.2. The first kappa shape index (κ1) is 10.6. The van der Waals surface area contributed by atoms with Gasteiger partial charge in [-0.1, -0.05) is 32.8 Å². The van der Waals surface area contributed by atoms with E-state index in [-0.39, 0.29) is 0 Å². The summed E-state index contributed by atoms with van der Waals surface area (Å²) in [5, 5.41) is 4.82. The minimum atomic E-state index is 1.11. The Kier molecular flexibility index (Phi) is 4.91. The Balaban J connectivity index is 2.21. The second-order valence-electron chi connectivity index (χ2n) is 3.67. The maximum atomic E-state index is 2.44. The van der Waals surface area contributed by atoms with E-state index in [2.05, 4.69) is 36.1 Å². The van der Waals surface area contributed by atoms with Crippen molar-refractivity contribution in [2.45, 2.75) is 39.5 Å². The Hall–Kier alpha value is -0.500. The van der Waals surface area contributed by atoms with Gasteiger partial charge in [-0.3, -0.25) is 0 Å². The Morgan fingerprint density at radius 3 is 2.46 bits per heavy atom. The van der Waals surface area contributed by atoms with Crippen LogP contribution in [0, 0.1) is 0 Å². The summed E-state index contributed by atoms with van der Waals surface area (Å²) in [5.41, 5.74) is 0. The van der Waals surface area contributed by atoms with Crippen molar-refractivity contribution in [3.63, 3.8) is 0 Å². The van der Waals surface area contributed by atoms with Gasteiger partial charge in [0, 0.05) is 25.8 Å². The van der Waals surface area contributed by atoms with Crippen LogP contribution < -0.4 is 0 Å². The summed E-state index contributed by atoms with van der Waals surface area (Å²) in [7, 11) is 0. The van der Waals surface area contributed by atoms with Gasteiger partial charge in [-0.2, -0.15) is 0 Å². The maximum Gasteiger partial charge on any atom is 0.0379 e. The largest absolute Gasteiger partial charge is 0.313 e. The molecule has 2 nitrogen and oxygen atoms in total. The zero-order valence-electron chi connectivity index (χ0n) is 9.00. The van der Waals surface area contributed by atoms with E-state index in [0.717, 1.165) is 6.54 Å². The smallest absolute Gasteiger partial charge is 0.0379 e. The fraction of sp³-hybridized carbons (Fsp3) is 0.818. The summed E-state index contributed by atoms with van der Waals surface area (Å²) >= 11 is 0. The summed E-state index contributed by atoms with van der Waals surface area (Å²) in [6, 6.07) is 0. The topological polar surface area (TPSA) is 6.48 Å². The first-order chi connectivity index (χ1) is 6.38. The molecule has 76 valence electrons. The van der Waals surface area contributed by atoms with Gasteiger partial charge in [-0.15, -0.1) is 0 Å². The van der Waals surface area contributed by atoms with Gasteiger partial charge in [0.2, 0.25) is 0 Å². The first-order valence-electron chi connectivity index (χ1n) is 5.56. The predicted octanol–water partition coefficient (Wildman–Crippen LogP) is 2.63. The minimum absolute atomic E-state index is 1.11. The molecule has 0 unspecified atom stereocenters. The molecule has 0 aromatic rings. The first-order valence-corrected chi connectivity index (χ1v) is 5.56. The van der Waals surface area contributed by atoms with Crippen LogP contribution in [0.3, 0.4) is 0 Å². The molecule has 0 aliphatic carbocycles. The summed E-state index contributed by atoms with van der Waals surface area (Å²) in [6.07, 6.45) is 9.66. The fourth-order valence-electron chi connectivity index (χ4n) is 1.59. The quantitative estimate of drug-likeness (QED) is 0.623. The number of nitrogens with zero attached hydrogens (tertiary/aromatic N) is 2. The molecule has 0 radical (unpaired) electrons. The molecule has 0 aromatic heterocycles. The van der Waals surface area contributed by atoms with Crippen molar-refractivity contribution in [3.8, 4) is 0 Å². The molecule has 0 N–H and O–H groups in total. The minimum Gasteiger partial charge on any atom is -0.313 e. The van der Waals surface area contributed by atoms with Crippen LogP contribution in [0.25, 0.3) is 0 Å². The molecule has 1 rings (SSSR count). The van der Waals surface area contributed by atoms with E-state index in [1.54, 1.807) is 0 Å². The third-order valence-electron chi connectivity index (χ3n) is 2.47. The molecule has 0 saturated heterocycles. The molecule has 0 bridgehead atoms. The number of rotatable bonds is 6. The van der Waals surface area contributed by atoms with E-state index in [4.69, 9.17) is 0 Å². The van der Waals surface area contributed by atoms with Gasteiger partial charge >= 0.3 is 0 Å². The molecule has 0 saturated carbocycles. The number of unbranched alkanes of at least 4 members (excludes halogenated alkanes) is 2. The number of hydrogen-bond acceptors (Lipinski definition) is 2. The van der Waals surface area contributed by atoms with Crippen LogP contribution in [0.2, 0.25) is 0 Å². The highest BCUT2D eigenvalue weighted by molar-refractivity contribution is 4.91. The Morgan fingerprint density at radius 2 is 1.77 bits per heavy atom. The molecule has 1 aliphatic rings. The van der Waals surface area contributed by atoms with Crippen molar-refractivity contribution in [1.82, 2.24) is 10.0 Å². The second kappa shape index (κ2) is 6.03. The summed E-state index contributed by atoms with van der Waals surface area (Å²) in [6.45, 7) is 8.02. The fourth-order valence-corrected chi connectivity index (χ4v) is 1.59. The zero-order chi connectivity index (χ0) is 9.52. The average molecular weight is 182 g/mol. The van der Waals surface area contributed by atoms with E-state index >= 15 is 0 Å². The predicted molar refractivity (Wildman–Crippen MR) is 57.2 cm³/mol. The second-order valence-corrected chi connectivity index (χ2v) is 3.67. The van der Waals surface area contributed by atoms with Crippen molar-refractivity contribution < 1.29 is 0 Å². The zero-order valence-corrected chi connectivity index (χ0v) is 9.00. The SMILES string of the molecule is CCCCN1C=CCN1CCCC. The van der Waals surface area contributed by atoms with Crippen LogP contribution in [-0.2, 0) is 0 Å². The van der Waals surface area contributed by atoms with Crippen LogP contribution >= 0.6 is 0 Å². The van der Waals surface area contributed by atoms with E-state index in [1.807, 2.05) is 0 Å². The summed E-state index contributed by atoms with van der Waals surface area (Å²) in [5.74, 6) is 0. The Bertz CT molecular complexity index is 154. The lowest BCUT2D eigenvalue weighted by Crippen LogP contribution is -2.36. The van der Waals surface area contributed by atoms with Crippen LogP contribution in [0.4, 0.5) is 0 Å². The number of hydrazine groups is 1. The van der Waals surface area contributed by atoms with E-state index in [0.29, 0.717) is 0 Å². The molecule has 2 heteroatoms. The maximum absolute atomic E-state index is 2.44. The third kappa shape index (κ3) is 3.39. The van der Waals surface area contributed by atoms with Gasteiger partial charge in [0.05, 0.1) is 0 Å². The van der Waals surface area contributed by atoms with Gasteiger partial charge in [-0.05, 0) is 12.8 Å². The van der Waals surface area contributed by atoms with E-state index in [9.17, 15) is 0 Å². The van der Waals surface area contributed by atoms with Crippen molar-refractivity contribution >= 4 is 0 Å². The molecule has 0 amide bonds. The average Bonchev–Trinajstić information content (AvgIpc) is 2.59. The standard InChI is InChI=1S/C11H22N2/c1-3-5-8-12-10-7-11-13(12)9-6-4-2/h7,10H,3-6,8-9,11H2,1-2H3. The Morgan fingerprint density at radius 1 is 1.08 bits per heavy atom. The van der Waals surface area contributed by atoms with Crippen LogP contribution in [0.15, 0.2) is 12.3 Å². The molecule has 1 heterocycles. The van der Waals surface area contributed by atoms with Crippen molar-refractivity contribution in [1.29, 1.82) is 0 Å². The van der Waals surface area contributed by atoms with Gasteiger partial charge < -0.3 is 5.01 Å². The molecular formula is C11H22N2. The van der Waals surface area contributed by atoms with Gasteiger partial charge in [0.25, 0.3) is 0 Å². The van der Waals surface area contributed by atoms with Gasteiger partial charge in [0.1, 0.15) is 0 Å². The number of hydrogen-bond donors (Lipinski definition) is 0. The highest BCUT2D eigenvalue weighted by Gasteiger charge is 2.13. The van der Waals surface area contributed by atoms with Crippen LogP contribution in [0.1, 0.15) is 39.5 Å². The molecule has 0 spiro atoms. The van der Waals surface area contributed by atoms with Crippen molar-refractivity contribution in [3.05, 3.63) is 12.3 Å². The summed E-state index contributed by atoms with van der Waals surface area (Å²) < 4.78 is 0. The molecule has 0 aromatic carbocycles. The van der Waals surface area contributed by atoms with Crippen LogP contribution in [0.5, 0.6) is 0 Å². The molecule has 1 aliphatic heterocycles. The lowest BCUT2D eigenvalue weighted by Gasteiger charge is -2.28. The highest BCUT2D eigenvalue weighted by atomic mass is 15.6. The van der Waals surface area contributed by atoms with Crippen LogP contribution in [-0.4, -0.2) is 29.7 Å². The van der Waals surface area contributed by atoms with E-state index in [1.165, 1.54) is 38.8 Å². The van der Waals surface area contributed by atoms with Crippen molar-refractivity contribution in [2.24, 2.45) is 0 Å². The van der Waals surface area contributed by atoms with E-state index < -0.39 is 0 Å². The molecule has 0 atom stereocenters. The Labute approximate surface area is 82.2 Å². The highest BCUT2D eigenvalue weighted by Crippen LogP contribution is 2.10. The lowest BCUT2D eigenvalue weighted by atomic mass is 10.3. The van der Waals surface area contributed by atoms with Gasteiger partial charge in [-0.25, -0.2) is 5.01 Å². The third-order valence-corrected chi connectivity index (χ3v) is 2.47. The molecule has 13 heavy (non-hydrogen) atoms. The molecule has 0 fully saturated rings.